The minimum Gasteiger partial charge on any atom is -0.495 e. The number of hydrogen-bond donors (Lipinski definition) is 2. The number of ether oxygens (including phenoxy) is 1. The molecular formula is C12H12N2O3S. The van der Waals surface area contributed by atoms with E-state index in [1.54, 1.807) is 18.9 Å². The number of thioether (sulfide) groups is 1. The van der Waals surface area contributed by atoms with Crippen LogP contribution in [0.4, 0.5) is 0 Å². The molecule has 2 aromatic rings. The van der Waals surface area contributed by atoms with Gasteiger partial charge in [0.2, 0.25) is 0 Å². The van der Waals surface area contributed by atoms with Crippen LogP contribution >= 0.6 is 11.8 Å². The highest BCUT2D eigenvalue weighted by Gasteiger charge is 2.15. The highest BCUT2D eigenvalue weighted by Crippen LogP contribution is 2.36. The van der Waals surface area contributed by atoms with Crippen LogP contribution in [0.25, 0.3) is 11.3 Å². The molecule has 18 heavy (non-hydrogen) atoms. The van der Waals surface area contributed by atoms with Crippen molar-refractivity contribution in [1.82, 2.24) is 10.2 Å². The fraction of sp³-hybridized carbons (Fsp3) is 0.167. The zero-order valence-electron chi connectivity index (χ0n) is 9.93. The molecule has 0 bridgehead atoms. The summed E-state index contributed by atoms with van der Waals surface area (Å²) < 4.78 is 5.37. The van der Waals surface area contributed by atoms with Gasteiger partial charge in [-0.25, -0.2) is 4.79 Å². The van der Waals surface area contributed by atoms with E-state index in [0.29, 0.717) is 11.4 Å². The standard InChI is InChI=1S/C12H12N2O3S/c1-17-11-7(4-3-5-10(11)18-2)8-6-9(12(15)16)14-13-8/h3-6H,1-2H3,(H,13,14)(H,15,16). The number of carboxylic acids is 1. The van der Waals surface area contributed by atoms with Gasteiger partial charge in [-0.1, -0.05) is 6.07 Å². The lowest BCUT2D eigenvalue weighted by molar-refractivity contribution is 0.0690. The number of H-pyrrole nitrogens is 1. The molecule has 5 nitrogen and oxygen atoms in total. The number of hydrogen-bond acceptors (Lipinski definition) is 4. The Hall–Kier alpha value is -1.95. The molecule has 0 aliphatic carbocycles. The van der Waals surface area contributed by atoms with Crippen molar-refractivity contribution in [1.29, 1.82) is 0 Å². The van der Waals surface area contributed by atoms with E-state index in [1.807, 2.05) is 24.5 Å². The second-order valence-corrected chi connectivity index (χ2v) is 4.36. The highest BCUT2D eigenvalue weighted by molar-refractivity contribution is 7.98. The van der Waals surface area contributed by atoms with Crippen molar-refractivity contribution < 1.29 is 14.6 Å². The average Bonchev–Trinajstić information content (AvgIpc) is 2.87. The summed E-state index contributed by atoms with van der Waals surface area (Å²) in [5.41, 5.74) is 1.38. The molecule has 2 N–H and O–H groups in total. The average molecular weight is 264 g/mol. The zero-order valence-corrected chi connectivity index (χ0v) is 10.7. The summed E-state index contributed by atoms with van der Waals surface area (Å²) in [4.78, 5) is 11.8. The number of aromatic amines is 1. The topological polar surface area (TPSA) is 75.2 Å². The quantitative estimate of drug-likeness (QED) is 0.830. The van der Waals surface area contributed by atoms with Gasteiger partial charge in [0.25, 0.3) is 0 Å². The third-order valence-electron chi connectivity index (χ3n) is 2.49. The molecule has 0 saturated heterocycles. The first-order valence-electron chi connectivity index (χ1n) is 5.17. The van der Waals surface area contributed by atoms with Gasteiger partial charge in [-0.3, -0.25) is 5.10 Å². The van der Waals surface area contributed by atoms with Gasteiger partial charge in [-0.15, -0.1) is 11.8 Å². The Morgan fingerprint density at radius 1 is 1.50 bits per heavy atom. The normalized spacial score (nSPS) is 10.3. The van der Waals surface area contributed by atoms with Gasteiger partial charge >= 0.3 is 5.97 Å². The minimum atomic E-state index is -1.03. The Kier molecular flexibility index (Phi) is 3.57. The monoisotopic (exact) mass is 264 g/mol. The van der Waals surface area contributed by atoms with Gasteiger partial charge in [0.1, 0.15) is 11.4 Å². The second-order valence-electron chi connectivity index (χ2n) is 3.51. The molecule has 2 rings (SSSR count). The Morgan fingerprint density at radius 2 is 2.28 bits per heavy atom. The predicted octanol–water partition coefficient (Wildman–Crippen LogP) is 2.51. The van der Waals surface area contributed by atoms with Crippen LogP contribution in [0.3, 0.4) is 0 Å². The maximum absolute atomic E-state index is 10.8. The molecule has 0 atom stereocenters. The summed E-state index contributed by atoms with van der Waals surface area (Å²) in [6.07, 6.45) is 1.95. The van der Waals surface area contributed by atoms with Gasteiger partial charge in [-0.05, 0) is 24.5 Å². The smallest absolute Gasteiger partial charge is 0.353 e. The predicted molar refractivity (Wildman–Crippen MR) is 69.3 cm³/mol. The van der Waals surface area contributed by atoms with E-state index in [9.17, 15) is 4.79 Å². The molecule has 1 aromatic carbocycles. The largest absolute Gasteiger partial charge is 0.495 e. The first-order chi connectivity index (χ1) is 8.67. The number of nitrogens with zero attached hydrogens (tertiary/aromatic N) is 1. The summed E-state index contributed by atoms with van der Waals surface area (Å²) in [7, 11) is 1.59. The Bertz CT molecular complexity index is 580. The van der Waals surface area contributed by atoms with Crippen molar-refractivity contribution in [2.24, 2.45) is 0 Å². The number of benzene rings is 1. The van der Waals surface area contributed by atoms with Crippen molar-refractivity contribution in [3.8, 4) is 17.0 Å². The van der Waals surface area contributed by atoms with Gasteiger partial charge in [0, 0.05) is 10.5 Å². The fourth-order valence-electron chi connectivity index (χ4n) is 1.66. The van der Waals surface area contributed by atoms with E-state index in [2.05, 4.69) is 10.2 Å². The number of para-hydroxylation sites is 1. The molecule has 0 spiro atoms. The first-order valence-corrected chi connectivity index (χ1v) is 6.40. The summed E-state index contributed by atoms with van der Waals surface area (Å²) >= 11 is 1.56. The molecule has 0 aliphatic heterocycles. The highest BCUT2D eigenvalue weighted by atomic mass is 32.2. The van der Waals surface area contributed by atoms with Crippen molar-refractivity contribution in [3.63, 3.8) is 0 Å². The summed E-state index contributed by atoms with van der Waals surface area (Å²) in [5.74, 6) is -0.331. The number of carboxylic acid groups (broad SMARTS) is 1. The SMILES string of the molecule is COc1c(SC)cccc1-c1cc(C(=O)O)[nH]n1. The molecule has 1 aromatic heterocycles. The third-order valence-corrected chi connectivity index (χ3v) is 3.25. The molecule has 0 saturated carbocycles. The molecule has 6 heteroatoms. The molecule has 1 heterocycles. The maximum atomic E-state index is 10.8. The maximum Gasteiger partial charge on any atom is 0.353 e. The lowest BCUT2D eigenvalue weighted by atomic mass is 10.1. The van der Waals surface area contributed by atoms with Gasteiger partial charge in [-0.2, -0.15) is 5.10 Å². The van der Waals surface area contributed by atoms with E-state index in [4.69, 9.17) is 9.84 Å². The summed E-state index contributed by atoms with van der Waals surface area (Å²) in [6.45, 7) is 0. The molecule has 0 fully saturated rings. The van der Waals surface area contributed by atoms with Crippen molar-refractivity contribution in [3.05, 3.63) is 30.0 Å². The van der Waals surface area contributed by atoms with E-state index in [1.165, 1.54) is 6.07 Å². The number of methoxy groups -OCH3 is 1. The third kappa shape index (κ3) is 2.19. The van der Waals surface area contributed by atoms with E-state index >= 15 is 0 Å². The van der Waals surface area contributed by atoms with Gasteiger partial charge in [0.05, 0.1) is 12.8 Å². The zero-order chi connectivity index (χ0) is 13.1. The van der Waals surface area contributed by atoms with Crippen molar-refractivity contribution in [2.75, 3.05) is 13.4 Å². The van der Waals surface area contributed by atoms with Crippen LogP contribution in [0.5, 0.6) is 5.75 Å². The second kappa shape index (κ2) is 5.14. The molecular weight excluding hydrogens is 252 g/mol. The fourth-order valence-corrected chi connectivity index (χ4v) is 2.25. The van der Waals surface area contributed by atoms with Crippen LogP contribution in [-0.4, -0.2) is 34.6 Å². The van der Waals surface area contributed by atoms with Crippen molar-refractivity contribution in [2.45, 2.75) is 4.90 Å². The summed E-state index contributed by atoms with van der Waals surface area (Å²) in [5, 5.41) is 15.3. The number of rotatable bonds is 4. The molecule has 0 radical (unpaired) electrons. The van der Waals surface area contributed by atoms with Gasteiger partial charge in [0.15, 0.2) is 0 Å². The Balaban J connectivity index is 2.52. The van der Waals surface area contributed by atoms with Crippen molar-refractivity contribution >= 4 is 17.7 Å². The number of aromatic carboxylic acids is 1. The van der Waals surface area contributed by atoms with Crippen LogP contribution in [0.15, 0.2) is 29.2 Å². The van der Waals surface area contributed by atoms with E-state index < -0.39 is 5.97 Å². The Morgan fingerprint density at radius 3 is 2.83 bits per heavy atom. The summed E-state index contributed by atoms with van der Waals surface area (Å²) in [6, 6.07) is 7.17. The number of aromatic nitrogens is 2. The number of nitrogens with one attached hydrogen (secondary N) is 1. The lowest BCUT2D eigenvalue weighted by Gasteiger charge is -2.09. The van der Waals surface area contributed by atoms with Crippen LogP contribution in [0.1, 0.15) is 10.5 Å². The van der Waals surface area contributed by atoms with Gasteiger partial charge < -0.3 is 9.84 Å². The van der Waals surface area contributed by atoms with E-state index in [-0.39, 0.29) is 5.69 Å². The van der Waals surface area contributed by atoms with Crippen LogP contribution in [0.2, 0.25) is 0 Å². The number of carbonyl (C=O) groups is 1. The molecule has 0 aliphatic rings. The first kappa shape index (κ1) is 12.5. The minimum absolute atomic E-state index is 0.0570. The van der Waals surface area contributed by atoms with Crippen LogP contribution in [-0.2, 0) is 0 Å². The molecule has 94 valence electrons. The van der Waals surface area contributed by atoms with Crippen LogP contribution < -0.4 is 4.74 Å². The Labute approximate surface area is 108 Å². The van der Waals surface area contributed by atoms with Crippen LogP contribution in [0, 0.1) is 0 Å². The molecule has 0 unspecified atom stereocenters. The lowest BCUT2D eigenvalue weighted by Crippen LogP contribution is -1.95. The molecule has 0 amide bonds. The van der Waals surface area contributed by atoms with E-state index in [0.717, 1.165) is 10.5 Å².